The topological polar surface area (TPSA) is 0 Å². The molecular formula is C19H19F. The van der Waals surface area contributed by atoms with Crippen molar-refractivity contribution in [1.82, 2.24) is 0 Å². The van der Waals surface area contributed by atoms with Gasteiger partial charge in [-0.2, -0.15) is 0 Å². The molecule has 102 valence electrons. The third kappa shape index (κ3) is 2.67. The summed E-state index contributed by atoms with van der Waals surface area (Å²) in [4.78, 5) is 0. The van der Waals surface area contributed by atoms with Crippen molar-refractivity contribution in [1.29, 1.82) is 0 Å². The Morgan fingerprint density at radius 2 is 1.85 bits per heavy atom. The number of benzene rings is 2. The molecule has 0 amide bonds. The molecule has 0 nitrogen and oxygen atoms in total. The number of rotatable bonds is 2. The van der Waals surface area contributed by atoms with E-state index in [1.807, 2.05) is 13.0 Å². The van der Waals surface area contributed by atoms with Crippen molar-refractivity contribution >= 4 is 6.08 Å². The van der Waals surface area contributed by atoms with E-state index in [4.69, 9.17) is 0 Å². The maximum Gasteiger partial charge on any atom is 0.123 e. The zero-order chi connectivity index (χ0) is 13.9. The van der Waals surface area contributed by atoms with Crippen molar-refractivity contribution in [2.24, 2.45) is 0 Å². The normalized spacial score (nSPS) is 18.2. The predicted molar refractivity (Wildman–Crippen MR) is 82.3 cm³/mol. The molecule has 0 fully saturated rings. The summed E-state index contributed by atoms with van der Waals surface area (Å²) in [5, 5.41) is 0. The third-order valence-electron chi connectivity index (χ3n) is 4.16. The second kappa shape index (κ2) is 5.62. The van der Waals surface area contributed by atoms with Gasteiger partial charge in [0, 0.05) is 0 Å². The molecule has 0 bridgehead atoms. The quantitative estimate of drug-likeness (QED) is 0.706. The fraction of sp³-hybridized carbons (Fsp3) is 0.263. The molecule has 0 aliphatic heterocycles. The van der Waals surface area contributed by atoms with Gasteiger partial charge in [-0.1, -0.05) is 42.5 Å². The summed E-state index contributed by atoms with van der Waals surface area (Å²) in [5.74, 6) is 0.400. The number of aryl methyl sites for hydroxylation is 1. The maximum atomic E-state index is 13.4. The summed E-state index contributed by atoms with van der Waals surface area (Å²) in [7, 11) is 0. The molecule has 0 aromatic heterocycles. The van der Waals surface area contributed by atoms with Gasteiger partial charge in [-0.05, 0) is 66.5 Å². The Hall–Kier alpha value is -1.89. The lowest BCUT2D eigenvalue weighted by Gasteiger charge is -2.25. The molecule has 1 aliphatic carbocycles. The van der Waals surface area contributed by atoms with Crippen LogP contribution in [0.3, 0.4) is 0 Å². The van der Waals surface area contributed by atoms with E-state index in [1.165, 1.54) is 22.3 Å². The van der Waals surface area contributed by atoms with Gasteiger partial charge in [-0.25, -0.2) is 4.39 Å². The first-order valence-electron chi connectivity index (χ1n) is 7.26. The maximum absolute atomic E-state index is 13.4. The van der Waals surface area contributed by atoms with E-state index in [9.17, 15) is 4.39 Å². The van der Waals surface area contributed by atoms with Gasteiger partial charge in [0.15, 0.2) is 0 Å². The largest absolute Gasteiger partial charge is 0.207 e. The van der Waals surface area contributed by atoms with Crippen LogP contribution in [-0.4, -0.2) is 0 Å². The molecular weight excluding hydrogens is 247 g/mol. The molecule has 20 heavy (non-hydrogen) atoms. The molecule has 2 aromatic rings. The van der Waals surface area contributed by atoms with Crippen molar-refractivity contribution in [2.45, 2.75) is 32.1 Å². The number of allylic oxidation sites excluding steroid dienone is 1. The van der Waals surface area contributed by atoms with Gasteiger partial charge >= 0.3 is 0 Å². The summed E-state index contributed by atoms with van der Waals surface area (Å²) >= 11 is 0. The summed E-state index contributed by atoms with van der Waals surface area (Å²) < 4.78 is 13.4. The van der Waals surface area contributed by atoms with Crippen LogP contribution in [0, 0.1) is 5.82 Å². The zero-order valence-electron chi connectivity index (χ0n) is 11.8. The van der Waals surface area contributed by atoms with Crippen molar-refractivity contribution in [2.75, 3.05) is 0 Å². The fourth-order valence-electron chi connectivity index (χ4n) is 3.08. The molecule has 0 saturated carbocycles. The van der Waals surface area contributed by atoms with Crippen LogP contribution in [0.5, 0.6) is 0 Å². The SMILES string of the molecule is C/C=C/c1ccc(C2CCc3ccc(F)cc3C2)cc1. The van der Waals surface area contributed by atoms with Crippen LogP contribution in [0.25, 0.3) is 6.08 Å². The summed E-state index contributed by atoms with van der Waals surface area (Å²) in [5.41, 5.74) is 5.10. The average Bonchev–Trinajstić information content (AvgIpc) is 2.47. The van der Waals surface area contributed by atoms with Crippen LogP contribution in [0.1, 0.15) is 41.5 Å². The van der Waals surface area contributed by atoms with Crippen molar-refractivity contribution in [3.8, 4) is 0 Å². The highest BCUT2D eigenvalue weighted by atomic mass is 19.1. The number of hydrogen-bond acceptors (Lipinski definition) is 0. The van der Waals surface area contributed by atoms with Crippen LogP contribution >= 0.6 is 0 Å². The summed E-state index contributed by atoms with van der Waals surface area (Å²) in [6.07, 6.45) is 7.32. The monoisotopic (exact) mass is 266 g/mol. The van der Waals surface area contributed by atoms with Crippen LogP contribution < -0.4 is 0 Å². The van der Waals surface area contributed by atoms with Gasteiger partial charge in [0.25, 0.3) is 0 Å². The molecule has 0 spiro atoms. The van der Waals surface area contributed by atoms with Crippen LogP contribution in [0.4, 0.5) is 4.39 Å². The first kappa shape index (κ1) is 13.1. The first-order chi connectivity index (χ1) is 9.76. The van der Waals surface area contributed by atoms with Gasteiger partial charge in [-0.3, -0.25) is 0 Å². The molecule has 0 N–H and O–H groups in total. The number of halogens is 1. The molecule has 1 unspecified atom stereocenters. The highest BCUT2D eigenvalue weighted by Crippen LogP contribution is 2.33. The Kier molecular flexibility index (Phi) is 3.68. The molecule has 3 rings (SSSR count). The van der Waals surface area contributed by atoms with Crippen LogP contribution in [-0.2, 0) is 12.8 Å². The van der Waals surface area contributed by atoms with E-state index in [1.54, 1.807) is 12.1 Å². The van der Waals surface area contributed by atoms with Gasteiger partial charge < -0.3 is 0 Å². The highest BCUT2D eigenvalue weighted by molar-refractivity contribution is 5.49. The van der Waals surface area contributed by atoms with E-state index in [2.05, 4.69) is 36.4 Å². The first-order valence-corrected chi connectivity index (χ1v) is 7.26. The standard InChI is InChI=1S/C19H19F/c1-2-3-14-4-6-15(7-5-14)17-9-8-16-10-11-19(20)13-18(16)12-17/h2-7,10-11,13,17H,8-9,12H2,1H3/b3-2+. The summed E-state index contributed by atoms with van der Waals surface area (Å²) in [6, 6.07) is 14.0. The van der Waals surface area contributed by atoms with Crippen molar-refractivity contribution in [3.63, 3.8) is 0 Å². The fourth-order valence-corrected chi connectivity index (χ4v) is 3.08. The number of hydrogen-bond donors (Lipinski definition) is 0. The van der Waals surface area contributed by atoms with Crippen molar-refractivity contribution in [3.05, 3.63) is 76.6 Å². The van der Waals surface area contributed by atoms with E-state index in [0.29, 0.717) is 5.92 Å². The average molecular weight is 266 g/mol. The van der Waals surface area contributed by atoms with Crippen molar-refractivity contribution < 1.29 is 4.39 Å². The van der Waals surface area contributed by atoms with E-state index in [-0.39, 0.29) is 5.82 Å². The van der Waals surface area contributed by atoms with Crippen LogP contribution in [0.2, 0.25) is 0 Å². The lowest BCUT2D eigenvalue weighted by molar-refractivity contribution is 0.572. The highest BCUT2D eigenvalue weighted by Gasteiger charge is 2.20. The molecule has 1 heteroatoms. The van der Waals surface area contributed by atoms with E-state index in [0.717, 1.165) is 19.3 Å². The minimum Gasteiger partial charge on any atom is -0.207 e. The van der Waals surface area contributed by atoms with Gasteiger partial charge in [-0.15, -0.1) is 0 Å². The Morgan fingerprint density at radius 1 is 1.05 bits per heavy atom. The minimum absolute atomic E-state index is 0.118. The second-order valence-corrected chi connectivity index (χ2v) is 5.52. The smallest absolute Gasteiger partial charge is 0.123 e. The van der Waals surface area contributed by atoms with Gasteiger partial charge in [0.1, 0.15) is 5.82 Å². The summed E-state index contributed by atoms with van der Waals surface area (Å²) in [6.45, 7) is 2.03. The van der Waals surface area contributed by atoms with E-state index >= 15 is 0 Å². The molecule has 0 saturated heterocycles. The molecule has 2 aromatic carbocycles. The van der Waals surface area contributed by atoms with Gasteiger partial charge in [0.2, 0.25) is 0 Å². The molecule has 1 aliphatic rings. The Labute approximate surface area is 120 Å². The Balaban J connectivity index is 1.82. The lowest BCUT2D eigenvalue weighted by Crippen LogP contribution is -2.13. The third-order valence-corrected chi connectivity index (χ3v) is 4.16. The molecule has 1 atom stereocenters. The van der Waals surface area contributed by atoms with E-state index < -0.39 is 0 Å². The molecule has 0 heterocycles. The van der Waals surface area contributed by atoms with Gasteiger partial charge in [0.05, 0.1) is 0 Å². The zero-order valence-corrected chi connectivity index (χ0v) is 11.8. The molecule has 0 radical (unpaired) electrons. The van der Waals surface area contributed by atoms with Crippen LogP contribution in [0.15, 0.2) is 48.5 Å². The predicted octanol–water partition coefficient (Wildman–Crippen LogP) is 5.13. The second-order valence-electron chi connectivity index (χ2n) is 5.52. The lowest BCUT2D eigenvalue weighted by atomic mass is 9.80. The Bertz CT molecular complexity index is 623. The Morgan fingerprint density at radius 3 is 2.60 bits per heavy atom. The number of fused-ring (bicyclic) bond motifs is 1. The minimum atomic E-state index is -0.118.